The van der Waals surface area contributed by atoms with E-state index in [1.807, 2.05) is 12.1 Å². The van der Waals surface area contributed by atoms with Crippen molar-refractivity contribution in [3.63, 3.8) is 0 Å². The zero-order valence-corrected chi connectivity index (χ0v) is 15.7. The summed E-state index contributed by atoms with van der Waals surface area (Å²) in [6.07, 6.45) is 10.0. The van der Waals surface area contributed by atoms with E-state index in [0.29, 0.717) is 0 Å². The van der Waals surface area contributed by atoms with Crippen LogP contribution < -0.4 is 4.90 Å². The summed E-state index contributed by atoms with van der Waals surface area (Å²) in [6.45, 7) is 5.76. The number of fused-ring (bicyclic) bond motifs is 1. The third-order valence-corrected chi connectivity index (χ3v) is 6.01. The smallest absolute Gasteiger partial charge is 0.0407 e. The van der Waals surface area contributed by atoms with Crippen LogP contribution in [0.1, 0.15) is 36.1 Å². The largest absolute Gasteiger partial charge is 0.369 e. The minimum Gasteiger partial charge on any atom is -0.369 e. The predicted molar refractivity (Wildman–Crippen MR) is 106 cm³/mol. The van der Waals surface area contributed by atoms with Crippen molar-refractivity contribution in [2.75, 3.05) is 37.6 Å². The summed E-state index contributed by atoms with van der Waals surface area (Å²) in [5.41, 5.74) is 6.02. The first-order valence-corrected chi connectivity index (χ1v) is 10.1. The molecule has 1 fully saturated rings. The molecule has 0 amide bonds. The number of anilines is 1. The van der Waals surface area contributed by atoms with E-state index in [1.165, 1.54) is 56.5 Å². The summed E-state index contributed by atoms with van der Waals surface area (Å²) in [6, 6.07) is 8.24. The SMILES string of the molecule is Clc1ccc(N2CCN(CCCc3c[nH]c4c3CCCC4)CC2)cc1. The van der Waals surface area contributed by atoms with Gasteiger partial charge in [-0.1, -0.05) is 11.6 Å². The lowest BCUT2D eigenvalue weighted by Gasteiger charge is -2.36. The van der Waals surface area contributed by atoms with Crippen LogP contribution in [0.2, 0.25) is 5.02 Å². The highest BCUT2D eigenvalue weighted by molar-refractivity contribution is 6.30. The maximum Gasteiger partial charge on any atom is 0.0407 e. The number of piperazine rings is 1. The summed E-state index contributed by atoms with van der Waals surface area (Å²) in [7, 11) is 0. The Morgan fingerprint density at radius 1 is 0.960 bits per heavy atom. The maximum atomic E-state index is 5.99. The minimum absolute atomic E-state index is 0.814. The van der Waals surface area contributed by atoms with E-state index in [2.05, 4.69) is 33.1 Å². The van der Waals surface area contributed by atoms with Gasteiger partial charge in [0.25, 0.3) is 0 Å². The van der Waals surface area contributed by atoms with Gasteiger partial charge in [0.05, 0.1) is 0 Å². The number of nitrogens with zero attached hydrogens (tertiary/aromatic N) is 2. The summed E-state index contributed by atoms with van der Waals surface area (Å²) in [5, 5.41) is 0.814. The lowest BCUT2D eigenvalue weighted by Crippen LogP contribution is -2.46. The van der Waals surface area contributed by atoms with Gasteiger partial charge in [-0.2, -0.15) is 0 Å². The van der Waals surface area contributed by atoms with Gasteiger partial charge in [-0.05, 0) is 80.5 Å². The molecule has 1 aromatic carbocycles. The van der Waals surface area contributed by atoms with E-state index < -0.39 is 0 Å². The number of benzene rings is 1. The molecule has 1 N–H and O–H groups in total. The Kier molecular flexibility index (Phi) is 5.33. The van der Waals surface area contributed by atoms with Gasteiger partial charge in [-0.3, -0.25) is 4.90 Å². The molecule has 25 heavy (non-hydrogen) atoms. The Balaban J connectivity index is 1.23. The van der Waals surface area contributed by atoms with Gasteiger partial charge in [0.2, 0.25) is 0 Å². The van der Waals surface area contributed by atoms with Crippen molar-refractivity contribution in [1.82, 2.24) is 9.88 Å². The number of rotatable bonds is 5. The summed E-state index contributed by atoms with van der Waals surface area (Å²) < 4.78 is 0. The molecular formula is C21H28ClN3. The van der Waals surface area contributed by atoms with E-state index in [9.17, 15) is 0 Å². The van der Waals surface area contributed by atoms with E-state index in [1.54, 1.807) is 11.1 Å². The average Bonchev–Trinajstić information content (AvgIpc) is 3.06. The van der Waals surface area contributed by atoms with Crippen LogP contribution >= 0.6 is 11.6 Å². The van der Waals surface area contributed by atoms with Crippen LogP contribution in [0.4, 0.5) is 5.69 Å². The number of aromatic amines is 1. The minimum atomic E-state index is 0.814. The van der Waals surface area contributed by atoms with E-state index in [4.69, 9.17) is 11.6 Å². The first-order chi connectivity index (χ1) is 12.3. The zero-order valence-electron chi connectivity index (χ0n) is 14.9. The number of aryl methyl sites for hydroxylation is 2. The first-order valence-electron chi connectivity index (χ1n) is 9.70. The van der Waals surface area contributed by atoms with Crippen LogP contribution in [0.5, 0.6) is 0 Å². The summed E-state index contributed by atoms with van der Waals surface area (Å²) >= 11 is 5.99. The highest BCUT2D eigenvalue weighted by Gasteiger charge is 2.18. The quantitative estimate of drug-likeness (QED) is 0.861. The zero-order chi connectivity index (χ0) is 17.1. The van der Waals surface area contributed by atoms with Crippen LogP contribution in [-0.4, -0.2) is 42.6 Å². The van der Waals surface area contributed by atoms with Gasteiger partial charge >= 0.3 is 0 Å². The Labute approximate surface area is 156 Å². The molecule has 2 heterocycles. The topological polar surface area (TPSA) is 22.3 Å². The van der Waals surface area contributed by atoms with Crippen LogP contribution in [0.25, 0.3) is 0 Å². The maximum absolute atomic E-state index is 5.99. The summed E-state index contributed by atoms with van der Waals surface area (Å²) in [4.78, 5) is 8.60. The van der Waals surface area contributed by atoms with E-state index in [0.717, 1.165) is 31.2 Å². The molecule has 0 spiro atoms. The molecule has 3 nitrogen and oxygen atoms in total. The summed E-state index contributed by atoms with van der Waals surface area (Å²) in [5.74, 6) is 0. The van der Waals surface area contributed by atoms with E-state index in [-0.39, 0.29) is 0 Å². The Morgan fingerprint density at radius 3 is 2.52 bits per heavy atom. The van der Waals surface area contributed by atoms with Crippen LogP contribution in [0, 0.1) is 0 Å². The van der Waals surface area contributed by atoms with Crippen molar-refractivity contribution in [3.05, 3.63) is 52.3 Å². The number of H-pyrrole nitrogens is 1. The lowest BCUT2D eigenvalue weighted by molar-refractivity contribution is 0.255. The molecule has 0 bridgehead atoms. The molecule has 1 aliphatic carbocycles. The van der Waals surface area contributed by atoms with Crippen molar-refractivity contribution >= 4 is 17.3 Å². The van der Waals surface area contributed by atoms with Crippen molar-refractivity contribution in [3.8, 4) is 0 Å². The second kappa shape index (κ2) is 7.84. The highest BCUT2D eigenvalue weighted by Crippen LogP contribution is 2.25. The molecule has 1 saturated heterocycles. The van der Waals surface area contributed by atoms with Gasteiger partial charge in [0.1, 0.15) is 0 Å². The van der Waals surface area contributed by atoms with Crippen molar-refractivity contribution < 1.29 is 0 Å². The third-order valence-electron chi connectivity index (χ3n) is 5.76. The lowest BCUT2D eigenvalue weighted by atomic mass is 9.93. The van der Waals surface area contributed by atoms with Crippen molar-refractivity contribution in [2.45, 2.75) is 38.5 Å². The fourth-order valence-electron chi connectivity index (χ4n) is 4.28. The molecule has 0 atom stereocenters. The standard InChI is InChI=1S/C21H28ClN3/c22-18-7-9-19(10-8-18)25-14-12-24(13-15-25)11-3-4-17-16-23-21-6-2-1-5-20(17)21/h7-10,16,23H,1-6,11-15H2. The second-order valence-electron chi connectivity index (χ2n) is 7.39. The highest BCUT2D eigenvalue weighted by atomic mass is 35.5. The molecule has 1 aromatic heterocycles. The Bertz CT molecular complexity index is 684. The molecule has 4 rings (SSSR count). The van der Waals surface area contributed by atoms with Crippen molar-refractivity contribution in [1.29, 1.82) is 0 Å². The van der Waals surface area contributed by atoms with E-state index >= 15 is 0 Å². The number of hydrogen-bond acceptors (Lipinski definition) is 2. The van der Waals surface area contributed by atoms with Gasteiger partial charge in [0.15, 0.2) is 0 Å². The normalized spacial score (nSPS) is 18.4. The third kappa shape index (κ3) is 4.04. The molecule has 2 aromatic rings. The van der Waals surface area contributed by atoms with Gasteiger partial charge in [-0.15, -0.1) is 0 Å². The first kappa shape index (κ1) is 17.0. The Hall–Kier alpha value is -1.45. The molecule has 4 heteroatoms. The van der Waals surface area contributed by atoms with Crippen LogP contribution in [-0.2, 0) is 19.3 Å². The number of nitrogens with one attached hydrogen (secondary N) is 1. The number of halogens is 1. The Morgan fingerprint density at radius 2 is 1.72 bits per heavy atom. The monoisotopic (exact) mass is 357 g/mol. The molecule has 0 radical (unpaired) electrons. The van der Waals surface area contributed by atoms with Crippen LogP contribution in [0.15, 0.2) is 30.5 Å². The molecule has 0 unspecified atom stereocenters. The predicted octanol–water partition coefficient (Wildman–Crippen LogP) is 4.30. The van der Waals surface area contributed by atoms with Gasteiger partial charge in [-0.25, -0.2) is 0 Å². The fraction of sp³-hybridized carbons (Fsp3) is 0.524. The molecule has 2 aliphatic rings. The molecule has 134 valence electrons. The number of aromatic nitrogens is 1. The van der Waals surface area contributed by atoms with Gasteiger partial charge in [0, 0.05) is 48.8 Å². The average molecular weight is 358 g/mol. The molecule has 0 saturated carbocycles. The fourth-order valence-corrected chi connectivity index (χ4v) is 4.40. The molecular weight excluding hydrogens is 330 g/mol. The number of hydrogen-bond donors (Lipinski definition) is 1. The van der Waals surface area contributed by atoms with Gasteiger partial charge < -0.3 is 9.88 Å². The second-order valence-corrected chi connectivity index (χ2v) is 7.82. The molecule has 1 aliphatic heterocycles. The van der Waals surface area contributed by atoms with Crippen molar-refractivity contribution in [2.24, 2.45) is 0 Å². The van der Waals surface area contributed by atoms with Crippen LogP contribution in [0.3, 0.4) is 0 Å².